The highest BCUT2D eigenvalue weighted by molar-refractivity contribution is 5.24. The van der Waals surface area contributed by atoms with Crippen LogP contribution in [0.15, 0.2) is 24.3 Å². The highest BCUT2D eigenvalue weighted by atomic mass is 15.3. The molecule has 1 aliphatic heterocycles. The van der Waals surface area contributed by atoms with Crippen LogP contribution in [0.25, 0.3) is 0 Å². The van der Waals surface area contributed by atoms with E-state index in [0.717, 1.165) is 0 Å². The van der Waals surface area contributed by atoms with Crippen molar-refractivity contribution in [2.24, 2.45) is 0 Å². The lowest BCUT2D eigenvalue weighted by atomic mass is 10.0. The van der Waals surface area contributed by atoms with E-state index in [2.05, 4.69) is 67.3 Å². The molecule has 1 N–H and O–H groups in total. The minimum absolute atomic E-state index is 0.461. The molecule has 1 heterocycles. The third kappa shape index (κ3) is 4.05. The molecule has 1 aromatic carbocycles. The predicted octanol–water partition coefficient (Wildman–Crippen LogP) is 2.28. The van der Waals surface area contributed by atoms with Crippen molar-refractivity contribution in [3.05, 3.63) is 35.4 Å². The summed E-state index contributed by atoms with van der Waals surface area (Å²) in [7, 11) is 4.29. The number of hydrogen-bond donors (Lipinski definition) is 1. The molecule has 0 spiro atoms. The first-order valence-corrected chi connectivity index (χ1v) is 7.76. The van der Waals surface area contributed by atoms with Gasteiger partial charge < -0.3 is 10.2 Å². The van der Waals surface area contributed by atoms with Gasteiger partial charge in [-0.15, -0.1) is 0 Å². The van der Waals surface area contributed by atoms with Gasteiger partial charge >= 0.3 is 0 Å². The summed E-state index contributed by atoms with van der Waals surface area (Å²) in [6, 6.07) is 10.1. The first kappa shape index (κ1) is 15.5. The SMILES string of the molecule is CNC(CCN1CCN(C)CC1C)c1ccc(C)cc1. The van der Waals surface area contributed by atoms with Crippen molar-refractivity contribution in [2.45, 2.75) is 32.4 Å². The summed E-state index contributed by atoms with van der Waals surface area (Å²) in [5.74, 6) is 0. The zero-order chi connectivity index (χ0) is 14.5. The van der Waals surface area contributed by atoms with Crippen molar-refractivity contribution in [2.75, 3.05) is 40.3 Å². The molecule has 1 aromatic rings. The molecular weight excluding hydrogens is 246 g/mol. The molecule has 2 unspecified atom stereocenters. The van der Waals surface area contributed by atoms with Gasteiger partial charge in [-0.3, -0.25) is 4.90 Å². The smallest absolute Gasteiger partial charge is 0.0329 e. The quantitative estimate of drug-likeness (QED) is 0.889. The summed E-state index contributed by atoms with van der Waals surface area (Å²) < 4.78 is 0. The van der Waals surface area contributed by atoms with Gasteiger partial charge in [0.25, 0.3) is 0 Å². The van der Waals surface area contributed by atoms with Crippen molar-refractivity contribution in [3.63, 3.8) is 0 Å². The molecule has 2 atom stereocenters. The van der Waals surface area contributed by atoms with Crippen molar-refractivity contribution < 1.29 is 0 Å². The lowest BCUT2D eigenvalue weighted by Gasteiger charge is -2.38. The minimum Gasteiger partial charge on any atom is -0.313 e. The molecule has 0 aliphatic carbocycles. The molecule has 0 saturated carbocycles. The van der Waals surface area contributed by atoms with Gasteiger partial charge in [0.15, 0.2) is 0 Å². The first-order chi connectivity index (χ1) is 9.60. The molecule has 112 valence electrons. The molecule has 1 saturated heterocycles. The molecule has 0 amide bonds. The second-order valence-electron chi connectivity index (χ2n) is 6.19. The first-order valence-electron chi connectivity index (χ1n) is 7.76. The van der Waals surface area contributed by atoms with Crippen LogP contribution in [0.4, 0.5) is 0 Å². The molecular formula is C17H29N3. The molecule has 0 aromatic heterocycles. The largest absolute Gasteiger partial charge is 0.313 e. The number of nitrogens with zero attached hydrogens (tertiary/aromatic N) is 2. The number of nitrogens with one attached hydrogen (secondary N) is 1. The topological polar surface area (TPSA) is 18.5 Å². The van der Waals surface area contributed by atoms with Gasteiger partial charge in [-0.1, -0.05) is 29.8 Å². The highest BCUT2D eigenvalue weighted by Gasteiger charge is 2.22. The summed E-state index contributed by atoms with van der Waals surface area (Å²) in [5.41, 5.74) is 2.73. The fraction of sp³-hybridized carbons (Fsp3) is 0.647. The number of hydrogen-bond acceptors (Lipinski definition) is 3. The minimum atomic E-state index is 0.461. The van der Waals surface area contributed by atoms with Crippen LogP contribution in [-0.2, 0) is 0 Å². The van der Waals surface area contributed by atoms with Crippen LogP contribution in [0.3, 0.4) is 0 Å². The second kappa shape index (κ2) is 7.21. The van der Waals surface area contributed by atoms with Gasteiger partial charge in [-0.25, -0.2) is 0 Å². The summed E-state index contributed by atoms with van der Waals surface area (Å²) in [6.07, 6.45) is 1.17. The predicted molar refractivity (Wildman–Crippen MR) is 86.1 cm³/mol. The van der Waals surface area contributed by atoms with Crippen LogP contribution in [0.1, 0.15) is 30.5 Å². The third-order valence-corrected chi connectivity index (χ3v) is 4.50. The Morgan fingerprint density at radius 1 is 1.25 bits per heavy atom. The van der Waals surface area contributed by atoms with Crippen LogP contribution in [0, 0.1) is 6.92 Å². The molecule has 1 fully saturated rings. The van der Waals surface area contributed by atoms with Crippen LogP contribution in [0.5, 0.6) is 0 Å². The fourth-order valence-electron chi connectivity index (χ4n) is 3.08. The maximum Gasteiger partial charge on any atom is 0.0329 e. The van der Waals surface area contributed by atoms with E-state index in [4.69, 9.17) is 0 Å². The van der Waals surface area contributed by atoms with Crippen molar-refractivity contribution >= 4 is 0 Å². The van der Waals surface area contributed by atoms with Gasteiger partial charge in [0.05, 0.1) is 0 Å². The molecule has 1 aliphatic rings. The molecule has 3 heteroatoms. The number of benzene rings is 1. The zero-order valence-electron chi connectivity index (χ0n) is 13.4. The Labute approximate surface area is 124 Å². The maximum absolute atomic E-state index is 3.46. The number of likely N-dealkylation sites (N-methyl/N-ethyl adjacent to an activating group) is 1. The average molecular weight is 275 g/mol. The number of rotatable bonds is 5. The summed E-state index contributed by atoms with van der Waals surface area (Å²) in [4.78, 5) is 5.05. The van der Waals surface area contributed by atoms with Crippen LogP contribution < -0.4 is 5.32 Å². The molecule has 0 radical (unpaired) electrons. The Kier molecular flexibility index (Phi) is 5.58. The molecule has 2 rings (SSSR count). The van der Waals surface area contributed by atoms with Gasteiger partial charge in [-0.2, -0.15) is 0 Å². The monoisotopic (exact) mass is 275 g/mol. The Morgan fingerprint density at radius 2 is 1.95 bits per heavy atom. The van der Waals surface area contributed by atoms with Crippen molar-refractivity contribution in [1.29, 1.82) is 0 Å². The van der Waals surface area contributed by atoms with Gasteiger partial charge in [-0.05, 0) is 39.9 Å². The normalized spacial score (nSPS) is 22.9. The Bertz CT molecular complexity index is 401. The van der Waals surface area contributed by atoms with Gasteiger partial charge in [0.1, 0.15) is 0 Å². The van der Waals surface area contributed by atoms with Crippen molar-refractivity contribution in [1.82, 2.24) is 15.1 Å². The summed E-state index contributed by atoms with van der Waals surface area (Å²) >= 11 is 0. The van der Waals surface area contributed by atoms with E-state index in [9.17, 15) is 0 Å². The zero-order valence-corrected chi connectivity index (χ0v) is 13.4. The fourth-order valence-corrected chi connectivity index (χ4v) is 3.08. The van der Waals surface area contributed by atoms with E-state index in [1.165, 1.54) is 43.7 Å². The highest BCUT2D eigenvalue weighted by Crippen LogP contribution is 2.19. The van der Waals surface area contributed by atoms with Gasteiger partial charge in [0, 0.05) is 38.3 Å². The van der Waals surface area contributed by atoms with E-state index in [0.29, 0.717) is 12.1 Å². The number of piperazine rings is 1. The summed E-state index contributed by atoms with van der Waals surface area (Å²) in [5, 5.41) is 3.46. The number of aryl methyl sites for hydroxylation is 1. The van der Waals surface area contributed by atoms with E-state index in [1.807, 2.05) is 0 Å². The molecule has 3 nitrogen and oxygen atoms in total. The van der Waals surface area contributed by atoms with E-state index < -0.39 is 0 Å². The standard InChI is InChI=1S/C17H29N3/c1-14-5-7-16(8-6-14)17(18-3)9-10-20-12-11-19(4)13-15(20)2/h5-8,15,17-18H,9-13H2,1-4H3. The maximum atomic E-state index is 3.46. The van der Waals surface area contributed by atoms with Crippen LogP contribution in [-0.4, -0.2) is 56.1 Å². The van der Waals surface area contributed by atoms with Crippen LogP contribution in [0.2, 0.25) is 0 Å². The Hall–Kier alpha value is -0.900. The Balaban J connectivity index is 1.89. The van der Waals surface area contributed by atoms with E-state index in [-0.39, 0.29) is 0 Å². The lowest BCUT2D eigenvalue weighted by Crippen LogP contribution is -2.50. The average Bonchev–Trinajstić information content (AvgIpc) is 2.43. The van der Waals surface area contributed by atoms with Crippen molar-refractivity contribution in [3.8, 4) is 0 Å². The molecule has 0 bridgehead atoms. The summed E-state index contributed by atoms with van der Waals surface area (Å²) in [6.45, 7) is 9.24. The molecule has 20 heavy (non-hydrogen) atoms. The van der Waals surface area contributed by atoms with E-state index >= 15 is 0 Å². The van der Waals surface area contributed by atoms with Crippen LogP contribution >= 0.6 is 0 Å². The second-order valence-corrected chi connectivity index (χ2v) is 6.19. The van der Waals surface area contributed by atoms with Gasteiger partial charge in [0.2, 0.25) is 0 Å². The lowest BCUT2D eigenvalue weighted by molar-refractivity contribution is 0.0963. The van der Waals surface area contributed by atoms with E-state index in [1.54, 1.807) is 0 Å². The third-order valence-electron chi connectivity index (χ3n) is 4.50. The Morgan fingerprint density at radius 3 is 2.55 bits per heavy atom.